The number of carbonyl (C=O) groups is 1. The summed E-state index contributed by atoms with van der Waals surface area (Å²) >= 11 is 0. The van der Waals surface area contributed by atoms with E-state index in [1.165, 1.54) is 6.92 Å². The highest BCUT2D eigenvalue weighted by Gasteiger charge is 2.40. The van der Waals surface area contributed by atoms with Crippen molar-refractivity contribution < 1.29 is 13.2 Å². The van der Waals surface area contributed by atoms with Crippen LogP contribution in [0.3, 0.4) is 0 Å². The van der Waals surface area contributed by atoms with Crippen molar-refractivity contribution in [2.75, 3.05) is 12.8 Å². The number of carbonyl (C=O) groups excluding carboxylic acids is 1. The maximum absolute atomic E-state index is 12.0. The smallest absolute Gasteiger partial charge is 0.238 e. The molecule has 0 bridgehead atoms. The molecule has 0 heterocycles. The van der Waals surface area contributed by atoms with E-state index in [1.807, 2.05) is 0 Å². The first-order chi connectivity index (χ1) is 8.23. The Labute approximate surface area is 109 Å². The van der Waals surface area contributed by atoms with Crippen molar-refractivity contribution in [1.29, 1.82) is 0 Å². The molecule has 1 aliphatic carbocycles. The summed E-state index contributed by atoms with van der Waals surface area (Å²) in [5, 5.41) is 1.88. The largest absolute Gasteiger partial charge is 0.348 e. The lowest BCUT2D eigenvalue weighted by Gasteiger charge is -2.43. The van der Waals surface area contributed by atoms with Gasteiger partial charge < -0.3 is 11.1 Å². The molecule has 1 aliphatic rings. The van der Waals surface area contributed by atoms with Gasteiger partial charge in [-0.05, 0) is 25.7 Å². The Morgan fingerprint density at radius 3 is 2.56 bits per heavy atom. The Balaban J connectivity index is 2.83. The van der Waals surface area contributed by atoms with Gasteiger partial charge in [0.05, 0.1) is 5.54 Å². The molecule has 3 atom stereocenters. The molecule has 0 aromatic rings. The third kappa shape index (κ3) is 3.23. The summed E-state index contributed by atoms with van der Waals surface area (Å²) in [6.45, 7) is 3.84. The average Bonchev–Trinajstić information content (AvgIpc) is 2.30. The third-order valence-electron chi connectivity index (χ3n) is 4.20. The molecule has 6 heteroatoms. The number of amides is 1. The van der Waals surface area contributed by atoms with E-state index in [1.54, 1.807) is 0 Å². The molecule has 18 heavy (non-hydrogen) atoms. The van der Waals surface area contributed by atoms with Crippen molar-refractivity contribution in [2.24, 2.45) is 11.7 Å². The molecule has 1 fully saturated rings. The van der Waals surface area contributed by atoms with Crippen LogP contribution in [0.15, 0.2) is 0 Å². The van der Waals surface area contributed by atoms with Gasteiger partial charge in [-0.1, -0.05) is 19.8 Å². The van der Waals surface area contributed by atoms with Gasteiger partial charge in [-0.3, -0.25) is 4.79 Å². The van der Waals surface area contributed by atoms with E-state index in [0.717, 1.165) is 31.9 Å². The maximum atomic E-state index is 12.0. The van der Waals surface area contributed by atoms with Crippen LogP contribution in [0.2, 0.25) is 0 Å². The van der Waals surface area contributed by atoms with Crippen LogP contribution >= 0.6 is 0 Å². The van der Waals surface area contributed by atoms with Crippen molar-refractivity contribution in [3.8, 4) is 0 Å². The normalized spacial score (nSPS) is 30.8. The first-order valence-corrected chi connectivity index (χ1v) is 8.39. The second-order valence-electron chi connectivity index (χ2n) is 5.47. The standard InChI is InChI=1S/C12H24N2O3S/c1-9-6-4-5-7-12(9,8-13)14-11(15)10(2)18(3,16)17/h9-10H,4-8,13H2,1-3H3,(H,14,15). The molecule has 1 amide bonds. The number of rotatable bonds is 4. The van der Waals surface area contributed by atoms with Crippen molar-refractivity contribution >= 4 is 15.7 Å². The van der Waals surface area contributed by atoms with Crippen LogP contribution in [-0.2, 0) is 14.6 Å². The van der Waals surface area contributed by atoms with Crippen molar-refractivity contribution in [3.05, 3.63) is 0 Å². The molecule has 0 aliphatic heterocycles. The van der Waals surface area contributed by atoms with Gasteiger partial charge in [0.15, 0.2) is 9.84 Å². The van der Waals surface area contributed by atoms with Crippen LogP contribution < -0.4 is 11.1 Å². The van der Waals surface area contributed by atoms with Crippen molar-refractivity contribution in [3.63, 3.8) is 0 Å². The summed E-state index contributed by atoms with van der Waals surface area (Å²) in [5.41, 5.74) is 5.39. The van der Waals surface area contributed by atoms with E-state index in [9.17, 15) is 13.2 Å². The van der Waals surface area contributed by atoms with Crippen LogP contribution in [0.1, 0.15) is 39.5 Å². The zero-order chi connectivity index (χ0) is 14.0. The van der Waals surface area contributed by atoms with Crippen molar-refractivity contribution in [2.45, 2.75) is 50.3 Å². The highest BCUT2D eigenvalue weighted by atomic mass is 32.2. The monoisotopic (exact) mass is 276 g/mol. The molecule has 0 aromatic heterocycles. The molecule has 0 aromatic carbocycles. The predicted octanol–water partition coefficient (Wildman–Crippen LogP) is 0.443. The quantitative estimate of drug-likeness (QED) is 0.780. The molecule has 0 saturated heterocycles. The molecule has 0 radical (unpaired) electrons. The third-order valence-corrected chi connectivity index (χ3v) is 5.70. The number of sulfone groups is 1. The minimum absolute atomic E-state index is 0.284. The summed E-state index contributed by atoms with van der Waals surface area (Å²) in [7, 11) is -3.36. The van der Waals surface area contributed by atoms with E-state index in [-0.39, 0.29) is 5.92 Å². The number of hydrogen-bond donors (Lipinski definition) is 2. The van der Waals surface area contributed by atoms with Gasteiger partial charge in [-0.15, -0.1) is 0 Å². The van der Waals surface area contributed by atoms with Gasteiger partial charge in [0.1, 0.15) is 5.25 Å². The molecule has 0 spiro atoms. The summed E-state index contributed by atoms with van der Waals surface area (Å²) in [6.07, 6.45) is 5.09. The number of nitrogens with two attached hydrogens (primary N) is 1. The van der Waals surface area contributed by atoms with Crippen molar-refractivity contribution in [1.82, 2.24) is 5.32 Å². The Morgan fingerprint density at radius 2 is 2.11 bits per heavy atom. The molecular weight excluding hydrogens is 252 g/mol. The predicted molar refractivity (Wildman–Crippen MR) is 71.9 cm³/mol. The van der Waals surface area contributed by atoms with Crippen LogP contribution in [0.5, 0.6) is 0 Å². The Morgan fingerprint density at radius 1 is 1.50 bits per heavy atom. The first kappa shape index (κ1) is 15.4. The van der Waals surface area contributed by atoms with Gasteiger partial charge in [0.2, 0.25) is 5.91 Å². The highest BCUT2D eigenvalue weighted by Crippen LogP contribution is 2.33. The second-order valence-corrected chi connectivity index (χ2v) is 7.83. The molecule has 1 saturated carbocycles. The fourth-order valence-corrected chi connectivity index (χ4v) is 2.94. The van der Waals surface area contributed by atoms with Gasteiger partial charge in [-0.25, -0.2) is 8.42 Å². The SMILES string of the molecule is CC1CCCCC1(CN)NC(=O)C(C)S(C)(=O)=O. The molecule has 106 valence electrons. The Hall–Kier alpha value is -0.620. The lowest BCUT2D eigenvalue weighted by Crippen LogP contribution is -2.61. The van der Waals surface area contributed by atoms with E-state index >= 15 is 0 Å². The lowest BCUT2D eigenvalue weighted by atomic mass is 9.73. The molecule has 5 nitrogen and oxygen atoms in total. The molecular formula is C12H24N2O3S. The van der Waals surface area contributed by atoms with Crippen LogP contribution in [0.25, 0.3) is 0 Å². The summed E-state index contributed by atoms with van der Waals surface area (Å²) in [6, 6.07) is 0. The highest BCUT2D eigenvalue weighted by molar-refractivity contribution is 7.92. The van der Waals surface area contributed by atoms with Crippen LogP contribution in [0, 0.1) is 5.92 Å². The Bertz CT molecular complexity index is 408. The summed E-state index contributed by atoms with van der Waals surface area (Å²) in [4.78, 5) is 12.0. The number of hydrogen-bond acceptors (Lipinski definition) is 4. The maximum Gasteiger partial charge on any atom is 0.238 e. The fourth-order valence-electron chi connectivity index (χ4n) is 2.50. The summed E-state index contributed by atoms with van der Waals surface area (Å²) in [5.74, 6) is -0.149. The second kappa shape index (κ2) is 5.57. The van der Waals surface area contributed by atoms with Gasteiger partial charge in [0.25, 0.3) is 0 Å². The topological polar surface area (TPSA) is 89.3 Å². The van der Waals surface area contributed by atoms with Gasteiger partial charge >= 0.3 is 0 Å². The van der Waals surface area contributed by atoms with Gasteiger partial charge in [0, 0.05) is 12.8 Å². The van der Waals surface area contributed by atoms with E-state index in [2.05, 4.69) is 12.2 Å². The fraction of sp³-hybridized carbons (Fsp3) is 0.917. The zero-order valence-corrected chi connectivity index (χ0v) is 12.2. The van der Waals surface area contributed by atoms with Gasteiger partial charge in [-0.2, -0.15) is 0 Å². The molecule has 1 rings (SSSR count). The zero-order valence-electron chi connectivity index (χ0n) is 11.4. The lowest BCUT2D eigenvalue weighted by molar-refractivity contribution is -0.123. The molecule has 3 N–H and O–H groups in total. The van der Waals surface area contributed by atoms with E-state index < -0.39 is 26.5 Å². The van der Waals surface area contributed by atoms with E-state index in [4.69, 9.17) is 5.73 Å². The number of nitrogens with one attached hydrogen (secondary N) is 1. The average molecular weight is 276 g/mol. The minimum atomic E-state index is -3.36. The van der Waals surface area contributed by atoms with Crippen LogP contribution in [-0.4, -0.2) is 37.9 Å². The van der Waals surface area contributed by atoms with Crippen LogP contribution in [0.4, 0.5) is 0 Å². The molecule has 3 unspecified atom stereocenters. The summed E-state index contributed by atoms with van der Waals surface area (Å²) < 4.78 is 22.8. The Kier molecular flexibility index (Phi) is 4.78. The minimum Gasteiger partial charge on any atom is -0.348 e. The first-order valence-electron chi connectivity index (χ1n) is 6.44. The van der Waals surface area contributed by atoms with E-state index in [0.29, 0.717) is 6.54 Å².